The zero-order chi connectivity index (χ0) is 13.4. The van der Waals surface area contributed by atoms with Crippen molar-refractivity contribution >= 4 is 12.6 Å². The summed E-state index contributed by atoms with van der Waals surface area (Å²) < 4.78 is 0. The van der Waals surface area contributed by atoms with E-state index in [1.807, 2.05) is 0 Å². The van der Waals surface area contributed by atoms with Gasteiger partial charge < -0.3 is 15.2 Å². The molecule has 18 heavy (non-hydrogen) atoms. The second-order valence-electron chi connectivity index (χ2n) is 4.46. The van der Waals surface area contributed by atoms with Gasteiger partial charge in [0.1, 0.15) is 6.23 Å². The molecule has 0 saturated heterocycles. The van der Waals surface area contributed by atoms with Gasteiger partial charge in [-0.1, -0.05) is 50.5 Å². The van der Waals surface area contributed by atoms with E-state index >= 15 is 0 Å². The summed E-state index contributed by atoms with van der Waals surface area (Å²) in [5.41, 5.74) is 1.16. The maximum absolute atomic E-state index is 9.87. The summed E-state index contributed by atoms with van der Waals surface area (Å²) in [6.45, 7) is 2.95. The van der Waals surface area contributed by atoms with E-state index in [2.05, 4.69) is 12.2 Å². The van der Waals surface area contributed by atoms with E-state index in [9.17, 15) is 5.11 Å². The molecule has 1 atom stereocenters. The Kier molecular flexibility index (Phi) is 6.97. The summed E-state index contributed by atoms with van der Waals surface area (Å²) in [5.74, 6) is 0. The van der Waals surface area contributed by atoms with Crippen molar-refractivity contribution in [3.05, 3.63) is 29.8 Å². The minimum absolute atomic E-state index is 0.425. The molecule has 0 aliphatic carbocycles. The van der Waals surface area contributed by atoms with E-state index < -0.39 is 13.3 Å². The molecule has 5 heteroatoms. The van der Waals surface area contributed by atoms with Gasteiger partial charge in [-0.25, -0.2) is 0 Å². The fourth-order valence-electron chi connectivity index (χ4n) is 1.76. The van der Waals surface area contributed by atoms with Crippen molar-refractivity contribution in [2.24, 2.45) is 0 Å². The third kappa shape index (κ3) is 5.18. The summed E-state index contributed by atoms with van der Waals surface area (Å²) in [6, 6.07) is 6.58. The number of rotatable bonds is 8. The monoisotopic (exact) mass is 251 g/mol. The predicted molar refractivity (Wildman–Crippen MR) is 73.4 cm³/mol. The number of hydrogen-bond acceptors (Lipinski definition) is 4. The van der Waals surface area contributed by atoms with Crippen molar-refractivity contribution in [1.82, 2.24) is 5.32 Å². The Morgan fingerprint density at radius 2 is 1.78 bits per heavy atom. The van der Waals surface area contributed by atoms with Gasteiger partial charge in [0.2, 0.25) is 0 Å². The zero-order valence-electron chi connectivity index (χ0n) is 10.8. The third-order valence-electron chi connectivity index (χ3n) is 2.92. The van der Waals surface area contributed by atoms with E-state index in [0.29, 0.717) is 5.46 Å². The lowest BCUT2D eigenvalue weighted by atomic mass is 9.80. The Morgan fingerprint density at radius 1 is 1.11 bits per heavy atom. The van der Waals surface area contributed by atoms with Gasteiger partial charge >= 0.3 is 7.12 Å². The predicted octanol–water partition coefficient (Wildman–Crippen LogP) is 0.527. The van der Waals surface area contributed by atoms with Crippen molar-refractivity contribution in [1.29, 1.82) is 0 Å². The van der Waals surface area contributed by atoms with Crippen LogP contribution in [0.1, 0.15) is 44.4 Å². The van der Waals surface area contributed by atoms with Crippen LogP contribution in [0, 0.1) is 0 Å². The first kappa shape index (κ1) is 15.2. The molecule has 0 radical (unpaired) electrons. The van der Waals surface area contributed by atoms with Gasteiger partial charge in [-0.3, -0.25) is 5.32 Å². The lowest BCUT2D eigenvalue weighted by Gasteiger charge is -2.13. The van der Waals surface area contributed by atoms with Crippen LogP contribution in [0.5, 0.6) is 0 Å². The second kappa shape index (κ2) is 8.27. The smallest absolute Gasteiger partial charge is 0.423 e. The topological polar surface area (TPSA) is 72.7 Å². The van der Waals surface area contributed by atoms with Crippen LogP contribution in [-0.2, 0) is 0 Å². The molecule has 0 saturated carbocycles. The summed E-state index contributed by atoms with van der Waals surface area (Å²) in [5, 5.41) is 30.8. The number of nitrogens with one attached hydrogen (secondary N) is 1. The summed E-state index contributed by atoms with van der Waals surface area (Å²) in [4.78, 5) is 0. The van der Waals surface area contributed by atoms with Crippen LogP contribution in [0.25, 0.3) is 0 Å². The molecule has 1 unspecified atom stereocenters. The first-order valence-electron chi connectivity index (χ1n) is 6.52. The fraction of sp³-hybridized carbons (Fsp3) is 0.538. The third-order valence-corrected chi connectivity index (χ3v) is 2.92. The largest absolute Gasteiger partial charge is 0.488 e. The first-order valence-corrected chi connectivity index (χ1v) is 6.52. The molecule has 1 rings (SSSR count). The molecule has 0 amide bonds. The Hall–Kier alpha value is -0.875. The zero-order valence-corrected chi connectivity index (χ0v) is 10.8. The average molecular weight is 251 g/mol. The molecule has 1 aromatic carbocycles. The highest BCUT2D eigenvalue weighted by molar-refractivity contribution is 6.58. The van der Waals surface area contributed by atoms with Crippen molar-refractivity contribution < 1.29 is 15.2 Å². The van der Waals surface area contributed by atoms with Crippen LogP contribution in [0.2, 0.25) is 0 Å². The lowest BCUT2D eigenvalue weighted by Crippen LogP contribution is -2.30. The molecule has 0 aromatic heterocycles. The minimum Gasteiger partial charge on any atom is -0.423 e. The maximum atomic E-state index is 9.87. The molecule has 4 N–H and O–H groups in total. The Balaban J connectivity index is 2.34. The average Bonchev–Trinajstić information content (AvgIpc) is 2.38. The van der Waals surface area contributed by atoms with Crippen molar-refractivity contribution in [2.75, 3.05) is 6.54 Å². The van der Waals surface area contributed by atoms with Gasteiger partial charge in [-0.05, 0) is 24.0 Å². The quantitative estimate of drug-likeness (QED) is 0.309. The van der Waals surface area contributed by atoms with Gasteiger partial charge in [-0.15, -0.1) is 0 Å². The van der Waals surface area contributed by atoms with Crippen molar-refractivity contribution in [3.8, 4) is 0 Å². The SMILES string of the molecule is CCCCCCNC(O)c1ccc(B(O)O)cc1. The number of hydrogen-bond donors (Lipinski definition) is 4. The van der Waals surface area contributed by atoms with Gasteiger partial charge in [-0.2, -0.15) is 0 Å². The van der Waals surface area contributed by atoms with Crippen LogP contribution in [0.4, 0.5) is 0 Å². The number of benzene rings is 1. The Bertz CT molecular complexity index is 330. The number of unbranched alkanes of at least 4 members (excludes halogenated alkanes) is 3. The van der Waals surface area contributed by atoms with Crippen LogP contribution < -0.4 is 10.8 Å². The summed E-state index contributed by atoms with van der Waals surface area (Å²) in [7, 11) is -1.46. The molecule has 0 aliphatic rings. The lowest BCUT2D eigenvalue weighted by molar-refractivity contribution is 0.138. The first-order chi connectivity index (χ1) is 8.65. The van der Waals surface area contributed by atoms with Crippen LogP contribution >= 0.6 is 0 Å². The van der Waals surface area contributed by atoms with E-state index in [0.717, 1.165) is 18.5 Å². The molecule has 1 aromatic rings. The van der Waals surface area contributed by atoms with Gasteiger partial charge in [0.15, 0.2) is 0 Å². The highest BCUT2D eigenvalue weighted by Crippen LogP contribution is 2.08. The van der Waals surface area contributed by atoms with Gasteiger partial charge in [0, 0.05) is 0 Å². The maximum Gasteiger partial charge on any atom is 0.488 e. The molecule has 4 nitrogen and oxygen atoms in total. The number of aliphatic hydroxyl groups is 1. The van der Waals surface area contributed by atoms with Crippen molar-refractivity contribution in [2.45, 2.75) is 38.8 Å². The van der Waals surface area contributed by atoms with Gasteiger partial charge in [0.05, 0.1) is 0 Å². The number of aliphatic hydroxyl groups excluding tert-OH is 1. The van der Waals surface area contributed by atoms with E-state index in [4.69, 9.17) is 10.0 Å². The minimum atomic E-state index is -1.46. The van der Waals surface area contributed by atoms with E-state index in [-0.39, 0.29) is 0 Å². The van der Waals surface area contributed by atoms with Crippen LogP contribution in [0.15, 0.2) is 24.3 Å². The second-order valence-corrected chi connectivity index (χ2v) is 4.46. The standard InChI is InChI=1S/C13H22BNO3/c1-2-3-4-5-10-15-13(16)11-6-8-12(9-7-11)14(17)18/h6-9,13,15-18H,2-5,10H2,1H3. The molecule has 0 heterocycles. The molecular formula is C13H22BNO3. The van der Waals surface area contributed by atoms with Crippen LogP contribution in [0.3, 0.4) is 0 Å². The molecule has 0 spiro atoms. The fourth-order valence-corrected chi connectivity index (χ4v) is 1.76. The van der Waals surface area contributed by atoms with E-state index in [1.54, 1.807) is 24.3 Å². The highest BCUT2D eigenvalue weighted by Gasteiger charge is 2.11. The molecular weight excluding hydrogens is 229 g/mol. The summed E-state index contributed by atoms with van der Waals surface area (Å²) >= 11 is 0. The van der Waals surface area contributed by atoms with E-state index in [1.165, 1.54) is 19.3 Å². The van der Waals surface area contributed by atoms with Gasteiger partial charge in [0.25, 0.3) is 0 Å². The molecule has 0 aliphatic heterocycles. The van der Waals surface area contributed by atoms with Crippen LogP contribution in [-0.4, -0.2) is 28.8 Å². The van der Waals surface area contributed by atoms with Crippen molar-refractivity contribution in [3.63, 3.8) is 0 Å². The molecule has 0 bridgehead atoms. The normalized spacial score (nSPS) is 12.4. The summed E-state index contributed by atoms with van der Waals surface area (Å²) in [6.07, 6.45) is 3.95. The molecule has 0 fully saturated rings. The Labute approximate surface area is 109 Å². The molecule has 100 valence electrons. The Morgan fingerprint density at radius 3 is 2.33 bits per heavy atom. The highest BCUT2D eigenvalue weighted by atomic mass is 16.4.